The molecule has 0 saturated heterocycles. The van der Waals surface area contributed by atoms with Crippen molar-refractivity contribution in [2.45, 2.75) is 13.5 Å². The number of rotatable bonds is 4. The van der Waals surface area contributed by atoms with Crippen LogP contribution in [0.2, 0.25) is 0 Å². The van der Waals surface area contributed by atoms with Crippen LogP contribution in [-0.2, 0) is 11.4 Å². The zero-order valence-electron chi connectivity index (χ0n) is 15.2. The number of amides is 1. The molecule has 4 aromatic rings. The topological polar surface area (TPSA) is 66.6 Å². The number of aliphatic hydroxyl groups is 1. The van der Waals surface area contributed by atoms with Crippen LogP contribution in [0.15, 0.2) is 67.0 Å². The number of hydrogen-bond acceptors (Lipinski definition) is 3. The first kappa shape index (κ1) is 17.9. The number of pyridine rings is 1. The van der Waals surface area contributed by atoms with Crippen LogP contribution in [-0.4, -0.2) is 20.4 Å². The molecule has 5 nitrogen and oxygen atoms in total. The van der Waals surface area contributed by atoms with E-state index in [0.717, 1.165) is 27.9 Å². The maximum absolute atomic E-state index is 13.3. The summed E-state index contributed by atoms with van der Waals surface area (Å²) < 4.78 is 15.2. The van der Waals surface area contributed by atoms with E-state index >= 15 is 0 Å². The average Bonchev–Trinajstić information content (AvgIpc) is 3.12. The predicted octanol–water partition coefficient (Wildman–Crippen LogP) is 4.26. The fourth-order valence-corrected chi connectivity index (χ4v) is 3.21. The lowest BCUT2D eigenvalue weighted by Gasteiger charge is -2.11. The highest BCUT2D eigenvalue weighted by molar-refractivity contribution is 5.94. The van der Waals surface area contributed by atoms with Crippen LogP contribution in [0.5, 0.6) is 0 Å². The van der Waals surface area contributed by atoms with E-state index in [1.807, 2.05) is 40.9 Å². The molecule has 0 radical (unpaired) electrons. The minimum atomic E-state index is -0.307. The molecule has 28 heavy (non-hydrogen) atoms. The van der Waals surface area contributed by atoms with Crippen molar-refractivity contribution in [2.24, 2.45) is 0 Å². The Bertz CT molecular complexity index is 1170. The molecule has 0 unspecified atom stereocenters. The molecule has 0 spiro atoms. The Hall–Kier alpha value is -3.51. The molecule has 0 aliphatic rings. The Morgan fingerprint density at radius 1 is 1.11 bits per heavy atom. The number of carbonyl (C=O) groups is 1. The van der Waals surface area contributed by atoms with Gasteiger partial charge in [-0.05, 0) is 47.5 Å². The Morgan fingerprint density at radius 3 is 2.61 bits per heavy atom. The minimum absolute atomic E-state index is 0.0550. The largest absolute Gasteiger partial charge is 0.392 e. The van der Waals surface area contributed by atoms with Crippen LogP contribution >= 0.6 is 0 Å². The lowest BCUT2D eigenvalue weighted by Crippen LogP contribution is -2.08. The van der Waals surface area contributed by atoms with E-state index in [1.54, 1.807) is 18.3 Å². The van der Waals surface area contributed by atoms with E-state index in [4.69, 9.17) is 0 Å². The van der Waals surface area contributed by atoms with E-state index in [-0.39, 0.29) is 18.3 Å². The number of anilines is 1. The third-order valence-electron chi connectivity index (χ3n) is 4.50. The summed E-state index contributed by atoms with van der Waals surface area (Å²) in [6.45, 7) is 1.39. The second-order valence-electron chi connectivity index (χ2n) is 6.53. The molecule has 2 N–H and O–H groups in total. The van der Waals surface area contributed by atoms with E-state index in [0.29, 0.717) is 11.3 Å². The van der Waals surface area contributed by atoms with Gasteiger partial charge in [0.1, 0.15) is 5.82 Å². The van der Waals surface area contributed by atoms with Crippen molar-refractivity contribution in [3.63, 3.8) is 0 Å². The Kier molecular flexibility index (Phi) is 4.63. The minimum Gasteiger partial charge on any atom is -0.392 e. The van der Waals surface area contributed by atoms with Crippen LogP contribution in [0.1, 0.15) is 12.5 Å². The summed E-state index contributed by atoms with van der Waals surface area (Å²) in [5.74, 6) is -0.507. The predicted molar refractivity (Wildman–Crippen MR) is 106 cm³/mol. The van der Waals surface area contributed by atoms with Crippen LogP contribution in [0.3, 0.4) is 0 Å². The SMILES string of the molecule is CC(=O)Nc1cc(-c2cccc(CO)c2)cn2c(-c3ccc(F)cc3)cnc12. The van der Waals surface area contributed by atoms with Crippen LogP contribution in [0.25, 0.3) is 28.0 Å². The standard InChI is InChI=1S/C22H18FN3O2/c1-14(28)25-20-10-18(17-4-2-3-15(9-17)13-27)12-26-21(11-24-22(20)26)16-5-7-19(23)8-6-16/h2-12,27H,13H2,1H3,(H,25,28). The highest BCUT2D eigenvalue weighted by Crippen LogP contribution is 2.30. The van der Waals surface area contributed by atoms with Crippen molar-refractivity contribution in [2.75, 3.05) is 5.32 Å². The van der Waals surface area contributed by atoms with Crippen LogP contribution in [0, 0.1) is 5.82 Å². The van der Waals surface area contributed by atoms with Gasteiger partial charge in [-0.2, -0.15) is 0 Å². The first-order valence-electron chi connectivity index (χ1n) is 8.80. The van der Waals surface area contributed by atoms with Crippen molar-refractivity contribution in [3.8, 4) is 22.4 Å². The van der Waals surface area contributed by atoms with Gasteiger partial charge in [0, 0.05) is 24.2 Å². The van der Waals surface area contributed by atoms with Gasteiger partial charge in [0.25, 0.3) is 0 Å². The molecule has 140 valence electrons. The number of hydrogen-bond donors (Lipinski definition) is 2. The maximum atomic E-state index is 13.3. The molecule has 2 aromatic carbocycles. The highest BCUT2D eigenvalue weighted by atomic mass is 19.1. The van der Waals surface area contributed by atoms with E-state index in [9.17, 15) is 14.3 Å². The van der Waals surface area contributed by atoms with Crippen molar-refractivity contribution in [1.29, 1.82) is 0 Å². The normalized spacial score (nSPS) is 11.0. The van der Waals surface area contributed by atoms with Crippen LogP contribution in [0.4, 0.5) is 10.1 Å². The number of benzene rings is 2. The van der Waals surface area contributed by atoms with E-state index in [2.05, 4.69) is 10.3 Å². The molecule has 0 aliphatic heterocycles. The molecule has 0 fully saturated rings. The van der Waals surface area contributed by atoms with Crippen LogP contribution < -0.4 is 5.32 Å². The number of nitrogens with one attached hydrogen (secondary N) is 1. The van der Waals surface area contributed by atoms with E-state index < -0.39 is 0 Å². The second-order valence-corrected chi connectivity index (χ2v) is 6.53. The number of aliphatic hydroxyl groups excluding tert-OH is 1. The lowest BCUT2D eigenvalue weighted by atomic mass is 10.0. The summed E-state index contributed by atoms with van der Waals surface area (Å²) in [4.78, 5) is 16.1. The lowest BCUT2D eigenvalue weighted by molar-refractivity contribution is -0.114. The number of carbonyl (C=O) groups excluding carboxylic acids is 1. The summed E-state index contributed by atoms with van der Waals surface area (Å²) in [5.41, 5.74) is 5.31. The first-order chi connectivity index (χ1) is 13.5. The average molecular weight is 375 g/mol. The van der Waals surface area contributed by atoms with Gasteiger partial charge in [-0.15, -0.1) is 0 Å². The Balaban J connectivity index is 1.94. The van der Waals surface area contributed by atoms with Crippen molar-refractivity contribution in [1.82, 2.24) is 9.38 Å². The van der Waals surface area contributed by atoms with Crippen molar-refractivity contribution >= 4 is 17.2 Å². The fraction of sp³-hybridized carbons (Fsp3) is 0.0909. The van der Waals surface area contributed by atoms with Gasteiger partial charge in [-0.25, -0.2) is 9.37 Å². The molecule has 2 heterocycles. The smallest absolute Gasteiger partial charge is 0.221 e. The van der Waals surface area contributed by atoms with Gasteiger partial charge in [-0.1, -0.05) is 18.2 Å². The number of halogens is 1. The number of nitrogens with zero attached hydrogens (tertiary/aromatic N) is 2. The second kappa shape index (κ2) is 7.25. The molecule has 0 aliphatic carbocycles. The molecule has 6 heteroatoms. The number of aromatic nitrogens is 2. The van der Waals surface area contributed by atoms with Gasteiger partial charge in [-0.3, -0.25) is 9.20 Å². The van der Waals surface area contributed by atoms with Gasteiger partial charge < -0.3 is 10.4 Å². The molecule has 2 aromatic heterocycles. The Morgan fingerprint density at radius 2 is 1.89 bits per heavy atom. The summed E-state index contributed by atoms with van der Waals surface area (Å²) in [6.07, 6.45) is 3.62. The summed E-state index contributed by atoms with van der Waals surface area (Å²) in [7, 11) is 0. The zero-order valence-corrected chi connectivity index (χ0v) is 15.2. The molecule has 0 saturated carbocycles. The van der Waals surface area contributed by atoms with Gasteiger partial charge in [0.05, 0.1) is 24.2 Å². The molecule has 4 rings (SSSR count). The van der Waals surface area contributed by atoms with Gasteiger partial charge in [0.2, 0.25) is 5.91 Å². The highest BCUT2D eigenvalue weighted by Gasteiger charge is 2.13. The summed E-state index contributed by atoms with van der Waals surface area (Å²) >= 11 is 0. The maximum Gasteiger partial charge on any atom is 0.221 e. The fourth-order valence-electron chi connectivity index (χ4n) is 3.21. The molecule has 0 atom stereocenters. The molecular weight excluding hydrogens is 357 g/mol. The van der Waals surface area contributed by atoms with E-state index in [1.165, 1.54) is 19.1 Å². The van der Waals surface area contributed by atoms with Crippen molar-refractivity contribution < 1.29 is 14.3 Å². The summed E-state index contributed by atoms with van der Waals surface area (Å²) in [5, 5.41) is 12.3. The zero-order chi connectivity index (χ0) is 19.7. The van der Waals surface area contributed by atoms with Gasteiger partial charge in [0.15, 0.2) is 5.65 Å². The Labute approximate surface area is 161 Å². The first-order valence-corrected chi connectivity index (χ1v) is 8.80. The monoisotopic (exact) mass is 375 g/mol. The van der Waals surface area contributed by atoms with Crippen molar-refractivity contribution in [3.05, 3.63) is 78.4 Å². The quantitative estimate of drug-likeness (QED) is 0.560. The number of imidazole rings is 1. The molecule has 0 bridgehead atoms. The third kappa shape index (κ3) is 3.37. The molecule has 1 amide bonds. The summed E-state index contributed by atoms with van der Waals surface area (Å²) in [6, 6.07) is 15.6. The third-order valence-corrected chi connectivity index (χ3v) is 4.50. The number of fused-ring (bicyclic) bond motifs is 1. The molecular formula is C22H18FN3O2. The van der Waals surface area contributed by atoms with Gasteiger partial charge >= 0.3 is 0 Å².